The molecule has 1 fully saturated rings. The molecule has 1 atom stereocenters. The average Bonchev–Trinajstić information content (AvgIpc) is 3.00. The largest absolute Gasteiger partial charge is 0.338 e. The molecule has 2 nitrogen and oxygen atoms in total. The minimum atomic E-state index is 0.176. The quantitative estimate of drug-likeness (QED) is 0.815. The summed E-state index contributed by atoms with van der Waals surface area (Å²) >= 11 is 0. The van der Waals surface area contributed by atoms with E-state index in [0.717, 1.165) is 36.2 Å². The van der Waals surface area contributed by atoms with Crippen molar-refractivity contribution in [1.29, 1.82) is 0 Å². The highest BCUT2D eigenvalue weighted by Gasteiger charge is 2.28. The van der Waals surface area contributed by atoms with Crippen LogP contribution < -0.4 is 0 Å². The minimum Gasteiger partial charge on any atom is -0.338 e. The second-order valence-corrected chi connectivity index (χ2v) is 5.97. The van der Waals surface area contributed by atoms with E-state index < -0.39 is 0 Å². The van der Waals surface area contributed by atoms with Crippen LogP contribution in [-0.4, -0.2) is 23.9 Å². The Labute approximate surface area is 126 Å². The second-order valence-electron chi connectivity index (χ2n) is 5.97. The summed E-state index contributed by atoms with van der Waals surface area (Å²) in [4.78, 5) is 14.7. The fourth-order valence-corrected chi connectivity index (χ4v) is 3.08. The van der Waals surface area contributed by atoms with Gasteiger partial charge in [0.15, 0.2) is 0 Å². The SMILES string of the molecule is Cc1ccc(C)c(C(=O)N2CCC(c3ccccc3)C2)c1. The van der Waals surface area contributed by atoms with Gasteiger partial charge in [-0.05, 0) is 37.5 Å². The highest BCUT2D eigenvalue weighted by Crippen LogP contribution is 2.28. The fourth-order valence-electron chi connectivity index (χ4n) is 3.08. The van der Waals surface area contributed by atoms with Crippen molar-refractivity contribution in [3.8, 4) is 0 Å². The zero-order chi connectivity index (χ0) is 14.8. The second kappa shape index (κ2) is 5.72. The van der Waals surface area contributed by atoms with Gasteiger partial charge < -0.3 is 4.90 Å². The minimum absolute atomic E-state index is 0.176. The predicted octanol–water partition coefficient (Wildman–Crippen LogP) is 3.93. The zero-order valence-corrected chi connectivity index (χ0v) is 12.7. The highest BCUT2D eigenvalue weighted by atomic mass is 16.2. The predicted molar refractivity (Wildman–Crippen MR) is 85.6 cm³/mol. The van der Waals surface area contributed by atoms with Crippen molar-refractivity contribution in [2.24, 2.45) is 0 Å². The van der Waals surface area contributed by atoms with Crippen molar-refractivity contribution in [2.75, 3.05) is 13.1 Å². The molecule has 1 unspecified atom stereocenters. The molecule has 0 aliphatic carbocycles. The number of hydrogen-bond acceptors (Lipinski definition) is 1. The summed E-state index contributed by atoms with van der Waals surface area (Å²) < 4.78 is 0. The van der Waals surface area contributed by atoms with E-state index >= 15 is 0 Å². The normalized spacial score (nSPS) is 18.0. The number of carbonyl (C=O) groups is 1. The molecule has 0 aromatic heterocycles. The van der Waals surface area contributed by atoms with Gasteiger partial charge in [-0.3, -0.25) is 4.79 Å². The Kier molecular flexibility index (Phi) is 3.78. The highest BCUT2D eigenvalue weighted by molar-refractivity contribution is 5.96. The summed E-state index contributed by atoms with van der Waals surface area (Å²) in [6.45, 7) is 5.73. The maximum atomic E-state index is 12.7. The Bertz CT molecular complexity index is 648. The lowest BCUT2D eigenvalue weighted by Gasteiger charge is -2.18. The van der Waals surface area contributed by atoms with Gasteiger partial charge in [0.2, 0.25) is 0 Å². The van der Waals surface area contributed by atoms with Crippen LogP contribution in [0.2, 0.25) is 0 Å². The molecule has 1 aliphatic rings. The third kappa shape index (κ3) is 2.85. The lowest BCUT2D eigenvalue weighted by Crippen LogP contribution is -2.29. The number of nitrogens with zero attached hydrogens (tertiary/aromatic N) is 1. The fraction of sp³-hybridized carbons (Fsp3) is 0.316. The molecule has 0 radical (unpaired) electrons. The van der Waals surface area contributed by atoms with Gasteiger partial charge in [-0.2, -0.15) is 0 Å². The number of rotatable bonds is 2. The molecule has 108 valence electrons. The molecule has 2 aromatic rings. The van der Waals surface area contributed by atoms with Gasteiger partial charge >= 0.3 is 0 Å². The Balaban J connectivity index is 1.77. The monoisotopic (exact) mass is 279 g/mol. The van der Waals surface area contributed by atoms with E-state index in [1.807, 2.05) is 36.9 Å². The van der Waals surface area contributed by atoms with Gasteiger partial charge in [0.25, 0.3) is 5.91 Å². The molecule has 1 heterocycles. The first-order valence-corrected chi connectivity index (χ1v) is 7.56. The van der Waals surface area contributed by atoms with Gasteiger partial charge in [-0.25, -0.2) is 0 Å². The first kappa shape index (κ1) is 13.9. The summed E-state index contributed by atoms with van der Waals surface area (Å²) in [5.74, 6) is 0.648. The Hall–Kier alpha value is -2.09. The van der Waals surface area contributed by atoms with E-state index in [9.17, 15) is 4.79 Å². The van der Waals surface area contributed by atoms with Gasteiger partial charge in [0.1, 0.15) is 0 Å². The van der Waals surface area contributed by atoms with Crippen molar-refractivity contribution in [3.05, 3.63) is 70.8 Å². The molecule has 1 saturated heterocycles. The number of benzene rings is 2. The summed E-state index contributed by atoms with van der Waals surface area (Å²) in [7, 11) is 0. The van der Waals surface area contributed by atoms with E-state index in [2.05, 4.69) is 30.3 Å². The van der Waals surface area contributed by atoms with E-state index in [0.29, 0.717) is 5.92 Å². The molecule has 1 amide bonds. The van der Waals surface area contributed by atoms with E-state index in [1.54, 1.807) is 0 Å². The molecule has 2 aromatic carbocycles. The smallest absolute Gasteiger partial charge is 0.254 e. The number of carbonyl (C=O) groups excluding carboxylic acids is 1. The van der Waals surface area contributed by atoms with Crippen LogP contribution >= 0.6 is 0 Å². The van der Waals surface area contributed by atoms with Crippen molar-refractivity contribution in [2.45, 2.75) is 26.2 Å². The topological polar surface area (TPSA) is 20.3 Å². The molecule has 21 heavy (non-hydrogen) atoms. The van der Waals surface area contributed by atoms with Gasteiger partial charge in [0.05, 0.1) is 0 Å². The number of hydrogen-bond donors (Lipinski definition) is 0. The van der Waals surface area contributed by atoms with Crippen LogP contribution in [0.5, 0.6) is 0 Å². The molecule has 3 rings (SSSR count). The molecule has 0 spiro atoms. The van der Waals surface area contributed by atoms with Crippen LogP contribution in [0.4, 0.5) is 0 Å². The van der Waals surface area contributed by atoms with Crippen LogP contribution in [0.3, 0.4) is 0 Å². The van der Waals surface area contributed by atoms with Crippen LogP contribution in [0.1, 0.15) is 39.4 Å². The standard InChI is InChI=1S/C19H21NO/c1-14-8-9-15(2)18(12-14)19(21)20-11-10-17(13-20)16-6-4-3-5-7-16/h3-9,12,17H,10-11,13H2,1-2H3. The number of amides is 1. The Morgan fingerprint density at radius 3 is 2.62 bits per heavy atom. The van der Waals surface area contributed by atoms with Crippen molar-refractivity contribution >= 4 is 5.91 Å². The Morgan fingerprint density at radius 2 is 1.86 bits per heavy atom. The molecule has 1 aliphatic heterocycles. The molecule has 0 saturated carbocycles. The number of likely N-dealkylation sites (tertiary alicyclic amines) is 1. The third-order valence-electron chi connectivity index (χ3n) is 4.37. The lowest BCUT2D eigenvalue weighted by atomic mass is 9.99. The molecular weight excluding hydrogens is 258 g/mol. The van der Waals surface area contributed by atoms with E-state index in [1.165, 1.54) is 5.56 Å². The maximum Gasteiger partial charge on any atom is 0.254 e. The van der Waals surface area contributed by atoms with Crippen LogP contribution in [0.15, 0.2) is 48.5 Å². The molecule has 2 heteroatoms. The van der Waals surface area contributed by atoms with Crippen LogP contribution in [0.25, 0.3) is 0 Å². The van der Waals surface area contributed by atoms with E-state index in [-0.39, 0.29) is 5.91 Å². The van der Waals surface area contributed by atoms with Crippen molar-refractivity contribution in [1.82, 2.24) is 4.90 Å². The van der Waals surface area contributed by atoms with Crippen LogP contribution in [-0.2, 0) is 0 Å². The molecule has 0 N–H and O–H groups in total. The lowest BCUT2D eigenvalue weighted by molar-refractivity contribution is 0.0790. The van der Waals surface area contributed by atoms with E-state index in [4.69, 9.17) is 0 Å². The third-order valence-corrected chi connectivity index (χ3v) is 4.37. The zero-order valence-electron chi connectivity index (χ0n) is 12.7. The molecule has 0 bridgehead atoms. The number of aryl methyl sites for hydroxylation is 2. The average molecular weight is 279 g/mol. The first-order valence-electron chi connectivity index (χ1n) is 7.56. The molecular formula is C19H21NO. The summed E-state index contributed by atoms with van der Waals surface area (Å²) in [5.41, 5.74) is 4.40. The van der Waals surface area contributed by atoms with Gasteiger partial charge in [-0.1, -0.05) is 48.0 Å². The van der Waals surface area contributed by atoms with Crippen molar-refractivity contribution < 1.29 is 4.79 Å². The maximum absolute atomic E-state index is 12.7. The summed E-state index contributed by atoms with van der Waals surface area (Å²) in [6.07, 6.45) is 1.06. The Morgan fingerprint density at radius 1 is 1.10 bits per heavy atom. The van der Waals surface area contributed by atoms with Crippen LogP contribution in [0, 0.1) is 13.8 Å². The van der Waals surface area contributed by atoms with Gasteiger partial charge in [0, 0.05) is 24.6 Å². The summed E-state index contributed by atoms with van der Waals surface area (Å²) in [6, 6.07) is 16.6. The summed E-state index contributed by atoms with van der Waals surface area (Å²) in [5, 5.41) is 0. The van der Waals surface area contributed by atoms with Crippen molar-refractivity contribution in [3.63, 3.8) is 0 Å². The first-order chi connectivity index (χ1) is 10.1. The van der Waals surface area contributed by atoms with Gasteiger partial charge in [-0.15, -0.1) is 0 Å².